The first-order chi connectivity index (χ1) is 12.1. The van der Waals surface area contributed by atoms with Crippen molar-refractivity contribution in [1.82, 2.24) is 14.8 Å². The molecule has 2 aromatic heterocycles. The second-order valence-corrected chi connectivity index (χ2v) is 5.68. The van der Waals surface area contributed by atoms with Crippen LogP contribution in [0, 0.1) is 6.92 Å². The number of pyridine rings is 1. The maximum Gasteiger partial charge on any atom is 0.239 e. The molecule has 0 bridgehead atoms. The highest BCUT2D eigenvalue weighted by Gasteiger charge is 2.35. The van der Waals surface area contributed by atoms with Crippen LogP contribution in [0.2, 0.25) is 0 Å². The van der Waals surface area contributed by atoms with Crippen molar-refractivity contribution in [3.63, 3.8) is 0 Å². The molecule has 1 unspecified atom stereocenters. The highest BCUT2D eigenvalue weighted by atomic mass is 31.1. The lowest BCUT2D eigenvalue weighted by Gasteiger charge is -2.21. The maximum absolute atomic E-state index is 12.4. The molecule has 1 aliphatic carbocycles. The predicted molar refractivity (Wildman–Crippen MR) is 92.7 cm³/mol. The highest BCUT2D eigenvalue weighted by Crippen LogP contribution is 2.34. The summed E-state index contributed by atoms with van der Waals surface area (Å²) in [5.41, 5.74) is 2.18. The second-order valence-electron chi connectivity index (χ2n) is 5.68. The van der Waals surface area contributed by atoms with Gasteiger partial charge in [-0.05, 0) is 31.9 Å². The summed E-state index contributed by atoms with van der Waals surface area (Å²) in [7, 11) is 0.917. The average molecular weight is 372 g/mol. The minimum Gasteiger partial charge on any atom is -0.306 e. The van der Waals surface area contributed by atoms with Crippen LogP contribution in [0.4, 0.5) is 18.7 Å². The Labute approximate surface area is 146 Å². The van der Waals surface area contributed by atoms with Crippen LogP contribution in [0.15, 0.2) is 30.7 Å². The topological polar surface area (TPSA) is 51.0 Å². The zero-order valence-electron chi connectivity index (χ0n) is 13.8. The summed E-state index contributed by atoms with van der Waals surface area (Å²) < 4.78 is 35.9. The Kier molecular flexibility index (Phi) is 6.93. The molecular weight excluding hydrogens is 352 g/mol. The number of halogens is 3. The summed E-state index contributed by atoms with van der Waals surface area (Å²) in [5.74, 6) is -0.262. The standard InChI is InChI=1S/C16H18F2N4O.FH2P/c1-11-14(10-21(20-11)13-3-2-8-19-9-13)22(12-4-5-12)16(23)7-6-15(17)18;1-2/h2-3,8-10,12,15H,4-7H2,1H3;2H2. The van der Waals surface area contributed by atoms with Crippen molar-refractivity contribution in [2.24, 2.45) is 0 Å². The number of aromatic nitrogens is 3. The fraction of sp³-hybridized carbons (Fsp3) is 0.438. The smallest absolute Gasteiger partial charge is 0.239 e. The number of nitrogens with zero attached hydrogens (tertiary/aromatic N) is 4. The summed E-state index contributed by atoms with van der Waals surface area (Å²) in [6.45, 7) is 1.82. The molecule has 9 heteroatoms. The van der Waals surface area contributed by atoms with Crippen LogP contribution in [0.5, 0.6) is 0 Å². The summed E-state index contributed by atoms with van der Waals surface area (Å²) in [4.78, 5) is 18.1. The minimum atomic E-state index is -2.46. The molecule has 2 heterocycles. The molecule has 0 aromatic carbocycles. The Balaban J connectivity index is 0.00000109. The van der Waals surface area contributed by atoms with Crippen molar-refractivity contribution in [3.8, 4) is 5.69 Å². The zero-order valence-corrected chi connectivity index (χ0v) is 14.9. The van der Waals surface area contributed by atoms with Gasteiger partial charge in [0.25, 0.3) is 0 Å². The third-order valence-corrected chi connectivity index (χ3v) is 3.80. The highest BCUT2D eigenvalue weighted by molar-refractivity contribution is 7.09. The largest absolute Gasteiger partial charge is 0.306 e. The Morgan fingerprint density at radius 2 is 2.16 bits per heavy atom. The number of alkyl halides is 2. The number of carbonyl (C=O) groups is 1. The Morgan fingerprint density at radius 3 is 2.72 bits per heavy atom. The number of amides is 1. The molecule has 136 valence electrons. The fourth-order valence-electron chi connectivity index (χ4n) is 2.53. The van der Waals surface area contributed by atoms with Crippen molar-refractivity contribution >= 4 is 21.1 Å². The molecule has 0 radical (unpaired) electrons. The van der Waals surface area contributed by atoms with E-state index >= 15 is 0 Å². The summed E-state index contributed by atoms with van der Waals surface area (Å²) >= 11 is 0. The zero-order chi connectivity index (χ0) is 18.4. The van der Waals surface area contributed by atoms with E-state index < -0.39 is 12.8 Å². The third-order valence-electron chi connectivity index (χ3n) is 3.80. The summed E-state index contributed by atoms with van der Waals surface area (Å²) in [5, 5.41) is 4.42. The van der Waals surface area contributed by atoms with Gasteiger partial charge in [0.1, 0.15) is 0 Å². The molecule has 3 rings (SSSR count). The van der Waals surface area contributed by atoms with Gasteiger partial charge in [-0.25, -0.2) is 17.7 Å². The molecule has 2 aromatic rings. The van der Waals surface area contributed by atoms with Crippen LogP contribution < -0.4 is 4.90 Å². The molecule has 1 saturated carbocycles. The van der Waals surface area contributed by atoms with E-state index in [4.69, 9.17) is 0 Å². The van der Waals surface area contributed by atoms with Gasteiger partial charge in [0.15, 0.2) is 0 Å². The quantitative estimate of drug-likeness (QED) is 0.724. The molecule has 0 aliphatic heterocycles. The molecule has 1 fully saturated rings. The normalized spacial score (nSPS) is 13.4. The molecule has 5 nitrogen and oxygen atoms in total. The Hall–Kier alpha value is -1.95. The number of carbonyl (C=O) groups excluding carboxylic acids is 1. The van der Waals surface area contributed by atoms with Gasteiger partial charge in [0.2, 0.25) is 12.3 Å². The number of hydrogen-bond donors (Lipinski definition) is 0. The predicted octanol–water partition coefficient (Wildman–Crippen LogP) is 3.86. The summed E-state index contributed by atoms with van der Waals surface area (Å²) in [6, 6.07) is 3.77. The van der Waals surface area contributed by atoms with Crippen LogP contribution in [-0.4, -0.2) is 33.1 Å². The van der Waals surface area contributed by atoms with E-state index in [9.17, 15) is 17.8 Å². The molecule has 25 heavy (non-hydrogen) atoms. The van der Waals surface area contributed by atoms with Gasteiger partial charge in [0.05, 0.1) is 39.0 Å². The fourth-order valence-corrected chi connectivity index (χ4v) is 2.53. The molecular formula is C16H20F3N4OP. The minimum absolute atomic E-state index is 0.102. The first-order valence-electron chi connectivity index (χ1n) is 7.85. The lowest BCUT2D eigenvalue weighted by atomic mass is 10.2. The lowest BCUT2D eigenvalue weighted by Crippen LogP contribution is -2.33. The molecule has 1 aliphatic rings. The van der Waals surface area contributed by atoms with E-state index in [1.54, 1.807) is 34.2 Å². The van der Waals surface area contributed by atoms with Crippen LogP contribution in [0.1, 0.15) is 31.4 Å². The van der Waals surface area contributed by atoms with Gasteiger partial charge in [-0.1, -0.05) is 0 Å². The SMILES string of the molecule is Cc1nn(-c2cccnc2)cc1N(C(=O)CCC(F)F)C1CC1.FP. The van der Waals surface area contributed by atoms with Crippen LogP contribution in [0.25, 0.3) is 5.69 Å². The first-order valence-corrected chi connectivity index (χ1v) is 8.28. The Bertz CT molecular complexity index is 692. The van der Waals surface area contributed by atoms with Gasteiger partial charge < -0.3 is 4.90 Å². The van der Waals surface area contributed by atoms with Crippen LogP contribution in [0.3, 0.4) is 0 Å². The molecule has 0 N–H and O–H groups in total. The number of aryl methyl sites for hydroxylation is 1. The van der Waals surface area contributed by atoms with E-state index in [2.05, 4.69) is 10.1 Å². The number of anilines is 1. The molecule has 0 spiro atoms. The number of rotatable bonds is 6. The van der Waals surface area contributed by atoms with E-state index in [0.717, 1.165) is 28.1 Å². The van der Waals surface area contributed by atoms with Crippen LogP contribution in [-0.2, 0) is 4.79 Å². The van der Waals surface area contributed by atoms with Gasteiger partial charge in [-0.3, -0.25) is 9.78 Å². The van der Waals surface area contributed by atoms with Crippen LogP contribution >= 0.6 is 9.55 Å². The van der Waals surface area contributed by atoms with E-state index in [1.807, 2.05) is 13.0 Å². The second kappa shape index (κ2) is 8.94. The van der Waals surface area contributed by atoms with E-state index in [1.165, 1.54) is 0 Å². The Morgan fingerprint density at radius 1 is 1.44 bits per heavy atom. The van der Waals surface area contributed by atoms with Crippen molar-refractivity contribution in [3.05, 3.63) is 36.4 Å². The van der Waals surface area contributed by atoms with E-state index in [-0.39, 0.29) is 18.4 Å². The van der Waals surface area contributed by atoms with Crippen molar-refractivity contribution in [2.45, 2.75) is 45.1 Å². The van der Waals surface area contributed by atoms with Crippen molar-refractivity contribution in [1.29, 1.82) is 0 Å². The third kappa shape index (κ3) is 5.01. The monoisotopic (exact) mass is 372 g/mol. The van der Waals surface area contributed by atoms with Gasteiger partial charge in [0, 0.05) is 25.1 Å². The summed E-state index contributed by atoms with van der Waals surface area (Å²) in [6.07, 6.45) is 3.91. The number of hydrogen-bond acceptors (Lipinski definition) is 3. The van der Waals surface area contributed by atoms with Crippen molar-refractivity contribution in [2.75, 3.05) is 4.90 Å². The first kappa shape index (κ1) is 19.4. The van der Waals surface area contributed by atoms with Gasteiger partial charge in [-0.2, -0.15) is 5.10 Å². The lowest BCUT2D eigenvalue weighted by molar-refractivity contribution is -0.119. The average Bonchev–Trinajstić information content (AvgIpc) is 3.38. The van der Waals surface area contributed by atoms with Gasteiger partial charge >= 0.3 is 0 Å². The maximum atomic E-state index is 12.4. The van der Waals surface area contributed by atoms with E-state index in [0.29, 0.717) is 11.4 Å². The molecule has 0 saturated heterocycles. The molecule has 1 atom stereocenters. The molecule has 1 amide bonds. The van der Waals surface area contributed by atoms with Gasteiger partial charge in [-0.15, -0.1) is 0 Å². The van der Waals surface area contributed by atoms with Crippen molar-refractivity contribution < 1.29 is 17.8 Å².